The Morgan fingerprint density at radius 3 is 2.28 bits per heavy atom. The van der Waals surface area contributed by atoms with Gasteiger partial charge in [-0.1, -0.05) is 41.9 Å². The van der Waals surface area contributed by atoms with Crippen molar-refractivity contribution < 1.29 is 0 Å². The van der Waals surface area contributed by atoms with E-state index < -0.39 is 0 Å². The smallest absolute Gasteiger partial charge is 0.0995 e. The third kappa shape index (κ3) is 3.60. The van der Waals surface area contributed by atoms with Crippen LogP contribution in [-0.4, -0.2) is 13.1 Å². The van der Waals surface area contributed by atoms with E-state index in [1.165, 1.54) is 41.6 Å². The predicted molar refractivity (Wildman–Crippen MR) is 109 cm³/mol. The highest BCUT2D eigenvalue weighted by Gasteiger charge is 2.23. The Balaban J connectivity index is 2.29. The number of nitriles is 1. The summed E-state index contributed by atoms with van der Waals surface area (Å²) >= 11 is 3.54. The molecule has 130 valence electrons. The zero-order valence-electron chi connectivity index (χ0n) is 15.3. The van der Waals surface area contributed by atoms with Gasteiger partial charge in [-0.25, -0.2) is 0 Å². The molecule has 0 amide bonds. The molecule has 2 aromatic rings. The van der Waals surface area contributed by atoms with Gasteiger partial charge in [0.1, 0.15) is 0 Å². The van der Waals surface area contributed by atoms with Crippen LogP contribution in [0.2, 0.25) is 0 Å². The minimum atomic E-state index is 0.371. The van der Waals surface area contributed by atoms with E-state index in [1.54, 1.807) is 0 Å². The SMILES string of the molecule is Cc1c(C#N)cc(N2CCCCC2)c(-c2ccc(Br)cc2)c1C(C)C. The monoisotopic (exact) mass is 396 g/mol. The molecule has 1 aliphatic heterocycles. The normalized spacial score (nSPS) is 14.6. The summed E-state index contributed by atoms with van der Waals surface area (Å²) in [6.07, 6.45) is 3.76. The van der Waals surface area contributed by atoms with Crippen LogP contribution in [0.5, 0.6) is 0 Å². The van der Waals surface area contributed by atoms with Gasteiger partial charge >= 0.3 is 0 Å². The average molecular weight is 397 g/mol. The number of rotatable bonds is 3. The minimum absolute atomic E-state index is 0.371. The Labute approximate surface area is 159 Å². The van der Waals surface area contributed by atoms with Gasteiger partial charge in [-0.15, -0.1) is 0 Å². The van der Waals surface area contributed by atoms with E-state index in [0.717, 1.165) is 28.7 Å². The number of piperidine rings is 1. The Hall–Kier alpha value is -1.79. The Kier molecular flexibility index (Phi) is 5.49. The summed E-state index contributed by atoms with van der Waals surface area (Å²) in [6.45, 7) is 8.71. The van der Waals surface area contributed by atoms with Crippen LogP contribution in [0, 0.1) is 18.3 Å². The molecule has 0 aromatic heterocycles. The summed E-state index contributed by atoms with van der Waals surface area (Å²) in [5, 5.41) is 9.67. The summed E-state index contributed by atoms with van der Waals surface area (Å²) < 4.78 is 1.09. The number of nitrogens with zero attached hydrogens (tertiary/aromatic N) is 2. The van der Waals surface area contributed by atoms with E-state index in [2.05, 4.69) is 78.0 Å². The number of hydrogen-bond acceptors (Lipinski definition) is 2. The van der Waals surface area contributed by atoms with Gasteiger partial charge in [0.15, 0.2) is 0 Å². The molecule has 0 bridgehead atoms. The highest BCUT2D eigenvalue weighted by atomic mass is 79.9. The van der Waals surface area contributed by atoms with Gasteiger partial charge < -0.3 is 4.90 Å². The maximum atomic E-state index is 9.67. The quantitative estimate of drug-likeness (QED) is 0.598. The van der Waals surface area contributed by atoms with Gasteiger partial charge in [-0.3, -0.25) is 0 Å². The molecular weight excluding hydrogens is 372 g/mol. The average Bonchev–Trinajstić information content (AvgIpc) is 2.62. The standard InChI is InChI=1S/C22H25BrN2/c1-15(2)21-16(3)18(14-24)13-20(25-11-5-4-6-12-25)22(21)17-7-9-19(23)10-8-17/h7-10,13,15H,4-6,11-12H2,1-3H3. The molecule has 0 spiro atoms. The molecule has 0 radical (unpaired) electrons. The van der Waals surface area contributed by atoms with Crippen molar-refractivity contribution in [2.75, 3.05) is 18.0 Å². The first-order valence-electron chi connectivity index (χ1n) is 9.11. The van der Waals surface area contributed by atoms with Crippen molar-refractivity contribution in [3.8, 4) is 17.2 Å². The molecule has 3 rings (SSSR count). The summed E-state index contributed by atoms with van der Waals surface area (Å²) in [4.78, 5) is 2.48. The minimum Gasteiger partial charge on any atom is -0.371 e. The van der Waals surface area contributed by atoms with Crippen molar-refractivity contribution in [2.24, 2.45) is 0 Å². The van der Waals surface area contributed by atoms with Crippen LogP contribution in [0.15, 0.2) is 34.8 Å². The fraction of sp³-hybridized carbons (Fsp3) is 0.409. The third-order valence-electron chi connectivity index (χ3n) is 5.14. The van der Waals surface area contributed by atoms with Crippen molar-refractivity contribution in [2.45, 2.75) is 46.0 Å². The van der Waals surface area contributed by atoms with Crippen molar-refractivity contribution in [1.29, 1.82) is 5.26 Å². The molecule has 3 heteroatoms. The van der Waals surface area contributed by atoms with Gasteiger partial charge in [0, 0.05) is 28.8 Å². The lowest BCUT2D eigenvalue weighted by atomic mass is 9.85. The van der Waals surface area contributed by atoms with Crippen LogP contribution in [0.4, 0.5) is 5.69 Å². The highest BCUT2D eigenvalue weighted by Crippen LogP contribution is 2.42. The van der Waals surface area contributed by atoms with Crippen LogP contribution in [0.3, 0.4) is 0 Å². The number of benzene rings is 2. The van der Waals surface area contributed by atoms with E-state index in [9.17, 15) is 5.26 Å². The van der Waals surface area contributed by atoms with E-state index in [-0.39, 0.29) is 0 Å². The molecule has 25 heavy (non-hydrogen) atoms. The topological polar surface area (TPSA) is 27.0 Å². The lowest BCUT2D eigenvalue weighted by Crippen LogP contribution is -2.30. The number of halogens is 1. The maximum absolute atomic E-state index is 9.67. The van der Waals surface area contributed by atoms with E-state index in [4.69, 9.17) is 0 Å². The molecule has 0 N–H and O–H groups in total. The van der Waals surface area contributed by atoms with Crippen LogP contribution in [0.25, 0.3) is 11.1 Å². The van der Waals surface area contributed by atoms with Crippen molar-refractivity contribution in [1.82, 2.24) is 0 Å². The zero-order valence-corrected chi connectivity index (χ0v) is 16.9. The molecule has 2 nitrogen and oxygen atoms in total. The summed E-state index contributed by atoms with van der Waals surface area (Å²) in [7, 11) is 0. The maximum Gasteiger partial charge on any atom is 0.0995 e. The fourth-order valence-corrected chi connectivity index (χ4v) is 4.19. The van der Waals surface area contributed by atoms with E-state index in [0.29, 0.717) is 5.92 Å². The van der Waals surface area contributed by atoms with Gasteiger partial charge in [0.2, 0.25) is 0 Å². The van der Waals surface area contributed by atoms with Gasteiger partial charge in [0.25, 0.3) is 0 Å². The van der Waals surface area contributed by atoms with Crippen molar-refractivity contribution >= 4 is 21.6 Å². The van der Waals surface area contributed by atoms with Crippen LogP contribution >= 0.6 is 15.9 Å². The molecule has 1 aliphatic rings. The van der Waals surface area contributed by atoms with Crippen LogP contribution in [0.1, 0.15) is 55.7 Å². The van der Waals surface area contributed by atoms with Crippen molar-refractivity contribution in [3.63, 3.8) is 0 Å². The molecule has 0 atom stereocenters. The Bertz CT molecular complexity index is 794. The first kappa shape index (κ1) is 18.0. The second-order valence-electron chi connectivity index (χ2n) is 7.18. The Morgan fingerprint density at radius 1 is 1.08 bits per heavy atom. The molecule has 2 aromatic carbocycles. The summed E-state index contributed by atoms with van der Waals surface area (Å²) in [5.74, 6) is 0.371. The lowest BCUT2D eigenvalue weighted by Gasteiger charge is -2.33. The molecule has 0 saturated carbocycles. The lowest BCUT2D eigenvalue weighted by molar-refractivity contribution is 0.578. The van der Waals surface area contributed by atoms with Gasteiger partial charge in [0.05, 0.1) is 11.6 Å². The largest absolute Gasteiger partial charge is 0.371 e. The molecule has 1 fully saturated rings. The predicted octanol–water partition coefficient (Wildman–Crippen LogP) is 6.41. The molecule has 0 aliphatic carbocycles. The summed E-state index contributed by atoms with van der Waals surface area (Å²) in [6, 6.07) is 13.1. The first-order chi connectivity index (χ1) is 12.0. The van der Waals surface area contributed by atoms with Crippen LogP contribution < -0.4 is 4.90 Å². The van der Waals surface area contributed by atoms with Crippen molar-refractivity contribution in [3.05, 3.63) is 51.5 Å². The number of hydrogen-bond donors (Lipinski definition) is 0. The van der Waals surface area contributed by atoms with E-state index >= 15 is 0 Å². The fourth-order valence-electron chi connectivity index (χ4n) is 3.93. The number of anilines is 1. The molecule has 1 saturated heterocycles. The summed E-state index contributed by atoms with van der Waals surface area (Å²) in [5.41, 5.74) is 7.01. The van der Waals surface area contributed by atoms with Gasteiger partial charge in [-0.05, 0) is 67.0 Å². The van der Waals surface area contributed by atoms with E-state index in [1.807, 2.05) is 0 Å². The van der Waals surface area contributed by atoms with Gasteiger partial charge in [-0.2, -0.15) is 5.26 Å². The first-order valence-corrected chi connectivity index (χ1v) is 9.90. The second kappa shape index (κ2) is 7.62. The molecular formula is C22H25BrN2. The second-order valence-corrected chi connectivity index (χ2v) is 8.09. The highest BCUT2D eigenvalue weighted by molar-refractivity contribution is 9.10. The molecule has 1 heterocycles. The Morgan fingerprint density at radius 2 is 1.72 bits per heavy atom. The third-order valence-corrected chi connectivity index (χ3v) is 5.67. The molecule has 0 unspecified atom stereocenters. The van der Waals surface area contributed by atoms with Crippen LogP contribution in [-0.2, 0) is 0 Å². The zero-order chi connectivity index (χ0) is 18.0.